The number of esters is 1. The molecule has 0 bridgehead atoms. The SMILES string of the molecule is COC(=O)c1cc(OC)c(OC)cc1NC(=O)COc1cc(C)c(Cl)c(C)c1. The fraction of sp³-hybridized carbons (Fsp3) is 0.300. The van der Waals surface area contributed by atoms with Gasteiger partial charge in [-0.1, -0.05) is 11.6 Å². The monoisotopic (exact) mass is 407 g/mol. The molecule has 1 N–H and O–H groups in total. The zero-order chi connectivity index (χ0) is 20.8. The highest BCUT2D eigenvalue weighted by Gasteiger charge is 2.19. The van der Waals surface area contributed by atoms with Crippen LogP contribution in [0.25, 0.3) is 0 Å². The zero-order valence-electron chi connectivity index (χ0n) is 16.3. The summed E-state index contributed by atoms with van der Waals surface area (Å²) in [4.78, 5) is 24.4. The number of benzene rings is 2. The van der Waals surface area contributed by atoms with Crippen LogP contribution in [0.5, 0.6) is 17.2 Å². The van der Waals surface area contributed by atoms with Crippen LogP contribution in [0.4, 0.5) is 5.69 Å². The van der Waals surface area contributed by atoms with Gasteiger partial charge in [0.1, 0.15) is 5.75 Å². The number of amides is 1. The van der Waals surface area contributed by atoms with Gasteiger partial charge in [0.15, 0.2) is 18.1 Å². The van der Waals surface area contributed by atoms with Gasteiger partial charge in [0.25, 0.3) is 5.91 Å². The van der Waals surface area contributed by atoms with Gasteiger partial charge >= 0.3 is 5.97 Å². The molecule has 0 saturated carbocycles. The predicted molar refractivity (Wildman–Crippen MR) is 106 cm³/mol. The summed E-state index contributed by atoms with van der Waals surface area (Å²) < 4.78 is 20.7. The van der Waals surface area contributed by atoms with Crippen LogP contribution in [0.3, 0.4) is 0 Å². The van der Waals surface area contributed by atoms with E-state index in [1.54, 1.807) is 12.1 Å². The van der Waals surface area contributed by atoms with E-state index in [0.29, 0.717) is 22.3 Å². The van der Waals surface area contributed by atoms with Crippen LogP contribution in [0.1, 0.15) is 21.5 Å². The Bertz CT molecular complexity index is 874. The van der Waals surface area contributed by atoms with E-state index in [0.717, 1.165) is 11.1 Å². The van der Waals surface area contributed by atoms with Crippen molar-refractivity contribution in [3.63, 3.8) is 0 Å². The van der Waals surface area contributed by atoms with Gasteiger partial charge in [-0.05, 0) is 37.1 Å². The Balaban J connectivity index is 2.19. The summed E-state index contributed by atoms with van der Waals surface area (Å²) in [5.41, 5.74) is 2.06. The zero-order valence-corrected chi connectivity index (χ0v) is 17.1. The van der Waals surface area contributed by atoms with Crippen LogP contribution in [0.15, 0.2) is 24.3 Å². The fourth-order valence-electron chi connectivity index (χ4n) is 2.59. The second-order valence-electron chi connectivity index (χ2n) is 5.95. The minimum atomic E-state index is -0.624. The van der Waals surface area contributed by atoms with Gasteiger partial charge in [0, 0.05) is 17.2 Å². The molecular weight excluding hydrogens is 386 g/mol. The van der Waals surface area contributed by atoms with Crippen molar-refractivity contribution >= 4 is 29.2 Å². The molecule has 2 aromatic rings. The molecule has 0 aromatic heterocycles. The average molecular weight is 408 g/mol. The van der Waals surface area contributed by atoms with Crippen LogP contribution >= 0.6 is 11.6 Å². The first-order valence-electron chi connectivity index (χ1n) is 8.34. The third-order valence-corrected chi connectivity index (χ3v) is 4.58. The topological polar surface area (TPSA) is 83.1 Å². The molecule has 0 spiro atoms. The van der Waals surface area contributed by atoms with Gasteiger partial charge in [0.2, 0.25) is 0 Å². The summed E-state index contributed by atoms with van der Waals surface area (Å²) in [6.07, 6.45) is 0. The molecule has 2 rings (SSSR count). The molecular formula is C20H22ClNO6. The normalized spacial score (nSPS) is 10.2. The maximum Gasteiger partial charge on any atom is 0.340 e. The minimum Gasteiger partial charge on any atom is -0.493 e. The van der Waals surface area contributed by atoms with Crippen LogP contribution in [-0.4, -0.2) is 39.8 Å². The Hall–Kier alpha value is -2.93. The van der Waals surface area contributed by atoms with E-state index in [4.69, 9.17) is 30.5 Å². The third-order valence-electron chi connectivity index (χ3n) is 3.98. The smallest absolute Gasteiger partial charge is 0.340 e. The summed E-state index contributed by atoms with van der Waals surface area (Å²) >= 11 is 6.13. The molecule has 0 fully saturated rings. The number of hydrogen-bond acceptors (Lipinski definition) is 6. The summed E-state index contributed by atoms with van der Waals surface area (Å²) in [6, 6.07) is 6.42. The molecule has 0 unspecified atom stereocenters. The van der Waals surface area contributed by atoms with Crippen LogP contribution in [0.2, 0.25) is 5.02 Å². The number of halogens is 1. The van der Waals surface area contributed by atoms with Crippen molar-refractivity contribution in [1.82, 2.24) is 0 Å². The molecule has 0 aliphatic heterocycles. The van der Waals surface area contributed by atoms with Crippen molar-refractivity contribution in [2.75, 3.05) is 33.3 Å². The minimum absolute atomic E-state index is 0.131. The fourth-order valence-corrected chi connectivity index (χ4v) is 2.70. The molecule has 2 aromatic carbocycles. The number of ether oxygens (including phenoxy) is 4. The maximum absolute atomic E-state index is 12.4. The average Bonchev–Trinajstić information content (AvgIpc) is 2.69. The Kier molecular flexibility index (Phi) is 7.12. The second kappa shape index (κ2) is 9.32. The molecule has 0 radical (unpaired) electrons. The molecule has 8 heteroatoms. The molecule has 28 heavy (non-hydrogen) atoms. The van der Waals surface area contributed by atoms with Crippen molar-refractivity contribution in [1.29, 1.82) is 0 Å². The van der Waals surface area contributed by atoms with E-state index < -0.39 is 11.9 Å². The number of aryl methyl sites for hydroxylation is 2. The van der Waals surface area contributed by atoms with Gasteiger partial charge < -0.3 is 24.3 Å². The van der Waals surface area contributed by atoms with Gasteiger partial charge in [-0.25, -0.2) is 4.79 Å². The first kappa shape index (κ1) is 21.4. The largest absolute Gasteiger partial charge is 0.493 e. The van der Waals surface area contributed by atoms with Crippen molar-refractivity contribution in [3.8, 4) is 17.2 Å². The van der Waals surface area contributed by atoms with E-state index in [-0.39, 0.29) is 17.9 Å². The lowest BCUT2D eigenvalue weighted by molar-refractivity contribution is -0.118. The third kappa shape index (κ3) is 4.86. The van der Waals surface area contributed by atoms with E-state index in [1.807, 2.05) is 13.8 Å². The van der Waals surface area contributed by atoms with Crippen LogP contribution in [0, 0.1) is 13.8 Å². The molecule has 150 valence electrons. The lowest BCUT2D eigenvalue weighted by Crippen LogP contribution is -2.22. The standard InChI is InChI=1S/C20H22ClNO6/c1-11-6-13(7-12(2)19(11)21)28-10-18(23)22-15-9-17(26-4)16(25-3)8-14(15)20(24)27-5/h6-9H,10H2,1-5H3,(H,22,23). The number of hydrogen-bond donors (Lipinski definition) is 1. The molecule has 7 nitrogen and oxygen atoms in total. The summed E-state index contributed by atoms with van der Waals surface area (Å²) in [5, 5.41) is 3.29. The molecule has 0 aliphatic carbocycles. The Morgan fingerprint density at radius 1 is 0.964 bits per heavy atom. The summed E-state index contributed by atoms with van der Waals surface area (Å²) in [5.74, 6) is 0.137. The number of carbonyl (C=O) groups excluding carboxylic acids is 2. The summed E-state index contributed by atoms with van der Waals surface area (Å²) in [7, 11) is 4.15. The highest BCUT2D eigenvalue weighted by molar-refractivity contribution is 6.32. The number of methoxy groups -OCH3 is 3. The van der Waals surface area contributed by atoms with Crippen molar-refractivity contribution in [3.05, 3.63) is 46.0 Å². The number of anilines is 1. The van der Waals surface area contributed by atoms with Crippen molar-refractivity contribution in [2.24, 2.45) is 0 Å². The van der Waals surface area contributed by atoms with E-state index in [9.17, 15) is 9.59 Å². The summed E-state index contributed by atoms with van der Waals surface area (Å²) in [6.45, 7) is 3.46. The number of rotatable bonds is 7. The van der Waals surface area contributed by atoms with E-state index in [1.165, 1.54) is 33.5 Å². The molecule has 0 saturated heterocycles. The maximum atomic E-state index is 12.4. The lowest BCUT2D eigenvalue weighted by Gasteiger charge is -2.15. The van der Waals surface area contributed by atoms with Crippen molar-refractivity contribution < 1.29 is 28.5 Å². The van der Waals surface area contributed by atoms with E-state index in [2.05, 4.69) is 5.32 Å². The quantitative estimate of drug-likeness (QED) is 0.703. The van der Waals surface area contributed by atoms with Gasteiger partial charge in [0.05, 0.1) is 32.6 Å². The Morgan fingerprint density at radius 3 is 2.07 bits per heavy atom. The van der Waals surface area contributed by atoms with Gasteiger partial charge in [-0.15, -0.1) is 0 Å². The van der Waals surface area contributed by atoms with Crippen molar-refractivity contribution in [2.45, 2.75) is 13.8 Å². The number of carbonyl (C=O) groups is 2. The van der Waals surface area contributed by atoms with Crippen LogP contribution < -0.4 is 19.5 Å². The Labute approximate surface area is 168 Å². The van der Waals surface area contributed by atoms with Gasteiger partial charge in [-0.2, -0.15) is 0 Å². The Morgan fingerprint density at radius 2 is 1.54 bits per heavy atom. The molecule has 0 atom stereocenters. The molecule has 0 aliphatic rings. The predicted octanol–water partition coefficient (Wildman–Crippen LogP) is 3.78. The highest BCUT2D eigenvalue weighted by Crippen LogP contribution is 2.34. The first-order chi connectivity index (χ1) is 13.3. The number of nitrogens with one attached hydrogen (secondary N) is 1. The first-order valence-corrected chi connectivity index (χ1v) is 8.72. The van der Waals surface area contributed by atoms with Gasteiger partial charge in [-0.3, -0.25) is 4.79 Å². The lowest BCUT2D eigenvalue weighted by atomic mass is 10.1. The van der Waals surface area contributed by atoms with E-state index >= 15 is 0 Å². The van der Waals surface area contributed by atoms with Crippen LogP contribution in [-0.2, 0) is 9.53 Å². The molecule has 0 heterocycles. The highest BCUT2D eigenvalue weighted by atomic mass is 35.5. The molecule has 1 amide bonds. The second-order valence-corrected chi connectivity index (χ2v) is 6.33.